The topological polar surface area (TPSA) is 43.3 Å². The highest BCUT2D eigenvalue weighted by Gasteiger charge is 2.30. The SMILES string of the molecule is CCn1cc([C@@H](CC(=O)NCc2cccc(C(F)(F)F)c2)c2cccc(Oc3ccccc3)c2)c2ccccc21. The lowest BCUT2D eigenvalue weighted by Gasteiger charge is -2.19. The first-order valence-corrected chi connectivity index (χ1v) is 13.2. The van der Waals surface area contributed by atoms with Crippen LogP contribution in [0.4, 0.5) is 13.2 Å². The quantitative estimate of drug-likeness (QED) is 0.204. The van der Waals surface area contributed by atoms with E-state index >= 15 is 0 Å². The molecule has 0 saturated heterocycles. The zero-order valence-corrected chi connectivity index (χ0v) is 22.0. The van der Waals surface area contributed by atoms with E-state index in [1.54, 1.807) is 6.07 Å². The second kappa shape index (κ2) is 11.7. The smallest absolute Gasteiger partial charge is 0.416 e. The van der Waals surface area contributed by atoms with Crippen LogP contribution in [0.2, 0.25) is 0 Å². The molecule has 0 saturated carbocycles. The molecule has 5 aromatic rings. The van der Waals surface area contributed by atoms with Crippen molar-refractivity contribution < 1.29 is 22.7 Å². The molecule has 0 bridgehead atoms. The van der Waals surface area contributed by atoms with E-state index in [0.29, 0.717) is 17.1 Å². The number of benzene rings is 4. The molecule has 7 heteroatoms. The summed E-state index contributed by atoms with van der Waals surface area (Å²) in [7, 11) is 0. The number of carbonyl (C=O) groups is 1. The fraction of sp³-hybridized carbons (Fsp3) is 0.182. The second-order valence-electron chi connectivity index (χ2n) is 9.61. The van der Waals surface area contributed by atoms with Crippen LogP contribution in [0.3, 0.4) is 0 Å². The van der Waals surface area contributed by atoms with Crippen LogP contribution in [0, 0.1) is 0 Å². The molecule has 4 nitrogen and oxygen atoms in total. The molecule has 0 fully saturated rings. The normalized spacial score (nSPS) is 12.3. The van der Waals surface area contributed by atoms with Crippen LogP contribution in [-0.4, -0.2) is 10.5 Å². The number of amides is 1. The van der Waals surface area contributed by atoms with Gasteiger partial charge in [0.2, 0.25) is 5.91 Å². The molecule has 204 valence electrons. The lowest BCUT2D eigenvalue weighted by molar-refractivity contribution is -0.137. The maximum absolute atomic E-state index is 13.3. The van der Waals surface area contributed by atoms with Gasteiger partial charge in [-0.25, -0.2) is 0 Å². The number of fused-ring (bicyclic) bond motifs is 1. The van der Waals surface area contributed by atoms with E-state index in [-0.39, 0.29) is 24.8 Å². The van der Waals surface area contributed by atoms with E-state index in [0.717, 1.165) is 40.7 Å². The predicted octanol–water partition coefficient (Wildman–Crippen LogP) is 8.31. The Balaban J connectivity index is 1.44. The van der Waals surface area contributed by atoms with Crippen LogP contribution in [0.15, 0.2) is 109 Å². The monoisotopic (exact) mass is 542 g/mol. The highest BCUT2D eigenvalue weighted by molar-refractivity contribution is 5.86. The number of rotatable bonds is 9. The minimum atomic E-state index is -4.44. The van der Waals surface area contributed by atoms with Crippen molar-refractivity contribution in [2.45, 2.75) is 38.5 Å². The van der Waals surface area contributed by atoms with E-state index in [1.807, 2.05) is 66.7 Å². The molecule has 1 aromatic heterocycles. The Kier molecular flexibility index (Phi) is 7.91. The number of ether oxygens (including phenoxy) is 1. The molecule has 1 N–H and O–H groups in total. The molecule has 1 amide bonds. The van der Waals surface area contributed by atoms with Crippen molar-refractivity contribution in [3.8, 4) is 11.5 Å². The van der Waals surface area contributed by atoms with Crippen molar-refractivity contribution in [1.82, 2.24) is 9.88 Å². The Bertz CT molecular complexity index is 1610. The lowest BCUT2D eigenvalue weighted by Crippen LogP contribution is -2.25. The van der Waals surface area contributed by atoms with Gasteiger partial charge in [0.25, 0.3) is 0 Å². The van der Waals surface area contributed by atoms with Crippen molar-refractivity contribution >= 4 is 16.8 Å². The molecule has 40 heavy (non-hydrogen) atoms. The minimum absolute atomic E-state index is 0.00332. The number of alkyl halides is 3. The van der Waals surface area contributed by atoms with Crippen LogP contribution in [0.1, 0.15) is 41.5 Å². The van der Waals surface area contributed by atoms with E-state index in [2.05, 4.69) is 35.1 Å². The summed E-state index contributed by atoms with van der Waals surface area (Å²) in [6, 6.07) is 30.2. The predicted molar refractivity (Wildman–Crippen MR) is 150 cm³/mol. The molecule has 0 unspecified atom stereocenters. The summed E-state index contributed by atoms with van der Waals surface area (Å²) < 4.78 is 47.7. The van der Waals surface area contributed by atoms with Crippen LogP contribution in [0.25, 0.3) is 10.9 Å². The molecule has 1 atom stereocenters. The molecule has 0 aliphatic carbocycles. The molecular weight excluding hydrogens is 513 g/mol. The first-order valence-electron chi connectivity index (χ1n) is 13.2. The minimum Gasteiger partial charge on any atom is -0.457 e. The number of halogens is 3. The molecule has 5 rings (SSSR count). The summed E-state index contributed by atoms with van der Waals surface area (Å²) >= 11 is 0. The molecular formula is C33H29F3N2O2. The van der Waals surface area contributed by atoms with Gasteiger partial charge < -0.3 is 14.6 Å². The molecule has 0 aliphatic rings. The van der Waals surface area contributed by atoms with Crippen molar-refractivity contribution in [3.05, 3.63) is 132 Å². The average Bonchev–Trinajstić information content (AvgIpc) is 3.34. The van der Waals surface area contributed by atoms with E-state index in [4.69, 9.17) is 4.74 Å². The zero-order valence-electron chi connectivity index (χ0n) is 22.0. The van der Waals surface area contributed by atoms with Crippen molar-refractivity contribution in [1.29, 1.82) is 0 Å². The highest BCUT2D eigenvalue weighted by Crippen LogP contribution is 2.37. The number of para-hydroxylation sites is 2. The largest absolute Gasteiger partial charge is 0.457 e. The maximum atomic E-state index is 13.3. The third-order valence-electron chi connectivity index (χ3n) is 6.91. The number of nitrogens with zero attached hydrogens (tertiary/aromatic N) is 1. The first-order chi connectivity index (χ1) is 19.3. The molecule has 0 spiro atoms. The van der Waals surface area contributed by atoms with Gasteiger partial charge in [0.05, 0.1) is 5.56 Å². The summed E-state index contributed by atoms with van der Waals surface area (Å²) in [5, 5.41) is 3.88. The molecule has 4 aromatic carbocycles. The molecule has 1 heterocycles. The Labute approximate surface area is 231 Å². The van der Waals surface area contributed by atoms with Crippen molar-refractivity contribution in [3.63, 3.8) is 0 Å². The Morgan fingerprint density at radius 1 is 0.875 bits per heavy atom. The summed E-state index contributed by atoms with van der Waals surface area (Å²) in [5.74, 6) is 0.790. The second-order valence-corrected chi connectivity index (χ2v) is 9.61. The third-order valence-corrected chi connectivity index (χ3v) is 6.91. The van der Waals surface area contributed by atoms with E-state index in [1.165, 1.54) is 6.07 Å². The number of hydrogen-bond donors (Lipinski definition) is 1. The maximum Gasteiger partial charge on any atom is 0.416 e. The summed E-state index contributed by atoms with van der Waals surface area (Å²) in [6.45, 7) is 2.84. The fourth-order valence-electron chi connectivity index (χ4n) is 4.96. The van der Waals surface area contributed by atoms with Gasteiger partial charge in [-0.15, -0.1) is 0 Å². The Morgan fingerprint density at radius 3 is 2.38 bits per heavy atom. The van der Waals surface area contributed by atoms with E-state index < -0.39 is 11.7 Å². The van der Waals surface area contributed by atoms with Gasteiger partial charge in [-0.05, 0) is 66.1 Å². The summed E-state index contributed by atoms with van der Waals surface area (Å²) in [4.78, 5) is 13.3. The highest BCUT2D eigenvalue weighted by atomic mass is 19.4. The average molecular weight is 543 g/mol. The Morgan fingerprint density at radius 2 is 1.60 bits per heavy atom. The number of hydrogen-bond acceptors (Lipinski definition) is 2. The van der Waals surface area contributed by atoms with Crippen molar-refractivity contribution in [2.75, 3.05) is 0 Å². The van der Waals surface area contributed by atoms with Crippen LogP contribution >= 0.6 is 0 Å². The lowest BCUT2D eigenvalue weighted by atomic mass is 9.88. The van der Waals surface area contributed by atoms with Gasteiger partial charge >= 0.3 is 6.18 Å². The van der Waals surface area contributed by atoms with Gasteiger partial charge in [-0.3, -0.25) is 4.79 Å². The number of aromatic nitrogens is 1. The summed E-state index contributed by atoms with van der Waals surface area (Å²) in [6.07, 6.45) is -2.24. The molecule has 0 aliphatic heterocycles. The Hall–Kier alpha value is -4.52. The van der Waals surface area contributed by atoms with Crippen LogP contribution in [-0.2, 0) is 24.1 Å². The van der Waals surface area contributed by atoms with Gasteiger partial charge in [0.1, 0.15) is 11.5 Å². The summed E-state index contributed by atoms with van der Waals surface area (Å²) in [5.41, 5.74) is 2.64. The number of carbonyl (C=O) groups excluding carboxylic acids is 1. The standard InChI is InChI=1S/C33H29F3N2O2/c1-2-38-22-30(28-16-6-7-17-31(28)38)29(24-11-9-15-27(19-24)40-26-13-4-3-5-14-26)20-32(39)37-21-23-10-8-12-25(18-23)33(34,35)36/h3-19,22,29H,2,20-21H2,1H3,(H,37,39)/t29-/m0/s1. The van der Waals surface area contributed by atoms with Gasteiger partial charge in [0.15, 0.2) is 0 Å². The number of nitrogens with one attached hydrogen (secondary N) is 1. The number of aryl methyl sites for hydroxylation is 1. The zero-order chi connectivity index (χ0) is 28.1. The first kappa shape index (κ1) is 27.1. The fourth-order valence-corrected chi connectivity index (χ4v) is 4.96. The van der Waals surface area contributed by atoms with E-state index in [9.17, 15) is 18.0 Å². The third kappa shape index (κ3) is 6.20. The van der Waals surface area contributed by atoms with Crippen LogP contribution < -0.4 is 10.1 Å². The van der Waals surface area contributed by atoms with Crippen LogP contribution in [0.5, 0.6) is 11.5 Å². The molecule has 0 radical (unpaired) electrons. The van der Waals surface area contributed by atoms with Crippen molar-refractivity contribution in [2.24, 2.45) is 0 Å². The van der Waals surface area contributed by atoms with Gasteiger partial charge in [0, 0.05) is 42.5 Å². The van der Waals surface area contributed by atoms with Gasteiger partial charge in [-0.2, -0.15) is 13.2 Å². The van der Waals surface area contributed by atoms with Gasteiger partial charge in [-0.1, -0.05) is 60.7 Å².